The Morgan fingerprint density at radius 2 is 2.18 bits per heavy atom. The molecule has 0 radical (unpaired) electrons. The van der Waals surface area contributed by atoms with Crippen LogP contribution >= 0.6 is 0 Å². The van der Waals surface area contributed by atoms with Gasteiger partial charge in [-0.2, -0.15) is 4.98 Å². The van der Waals surface area contributed by atoms with E-state index in [0.717, 1.165) is 12.2 Å². The zero-order chi connectivity index (χ0) is 12.4. The van der Waals surface area contributed by atoms with Crippen LogP contribution in [0.25, 0.3) is 5.65 Å². The molecular formula is C12H19N5. The van der Waals surface area contributed by atoms with E-state index in [-0.39, 0.29) is 0 Å². The topological polar surface area (TPSA) is 45.5 Å². The molecule has 17 heavy (non-hydrogen) atoms. The lowest BCUT2D eigenvalue weighted by molar-refractivity contribution is 0.326. The first kappa shape index (κ1) is 11.9. The van der Waals surface area contributed by atoms with Gasteiger partial charge in [0.1, 0.15) is 0 Å². The summed E-state index contributed by atoms with van der Waals surface area (Å²) in [7, 11) is 4.12. The van der Waals surface area contributed by atoms with Gasteiger partial charge in [-0.05, 0) is 39.6 Å². The largest absolute Gasteiger partial charge is 0.351 e. The number of aryl methyl sites for hydroxylation is 1. The molecule has 0 aromatic carbocycles. The second-order valence-electron chi connectivity index (χ2n) is 4.64. The number of rotatable bonds is 4. The predicted octanol–water partition coefficient (Wildman–Crippen LogP) is 1.40. The van der Waals surface area contributed by atoms with Crippen LogP contribution in [0.15, 0.2) is 18.3 Å². The fourth-order valence-corrected chi connectivity index (χ4v) is 1.48. The van der Waals surface area contributed by atoms with E-state index in [4.69, 9.17) is 0 Å². The van der Waals surface area contributed by atoms with E-state index in [0.29, 0.717) is 12.0 Å². The van der Waals surface area contributed by atoms with Gasteiger partial charge in [-0.15, -0.1) is 5.10 Å². The third-order valence-electron chi connectivity index (χ3n) is 2.92. The molecular weight excluding hydrogens is 214 g/mol. The fraction of sp³-hybridized carbons (Fsp3) is 0.500. The van der Waals surface area contributed by atoms with Crippen molar-refractivity contribution in [3.05, 3.63) is 23.9 Å². The van der Waals surface area contributed by atoms with Crippen LogP contribution in [-0.4, -0.2) is 46.2 Å². The Kier molecular flexibility index (Phi) is 3.28. The average molecular weight is 233 g/mol. The molecule has 2 aromatic rings. The average Bonchev–Trinajstić information content (AvgIpc) is 2.67. The fourth-order valence-electron chi connectivity index (χ4n) is 1.48. The number of pyridine rings is 1. The van der Waals surface area contributed by atoms with E-state index in [2.05, 4.69) is 41.3 Å². The summed E-state index contributed by atoms with van der Waals surface area (Å²) in [5.41, 5.74) is 2.05. The molecule has 0 saturated carbocycles. The van der Waals surface area contributed by atoms with Gasteiger partial charge in [0.2, 0.25) is 5.95 Å². The molecule has 92 valence electrons. The first-order valence-electron chi connectivity index (χ1n) is 5.79. The van der Waals surface area contributed by atoms with Gasteiger partial charge in [0.05, 0.1) is 0 Å². The van der Waals surface area contributed by atoms with Crippen molar-refractivity contribution in [2.24, 2.45) is 0 Å². The molecule has 2 rings (SSSR count). The van der Waals surface area contributed by atoms with Crippen molar-refractivity contribution in [1.29, 1.82) is 0 Å². The van der Waals surface area contributed by atoms with Crippen molar-refractivity contribution in [2.75, 3.05) is 26.0 Å². The quantitative estimate of drug-likeness (QED) is 0.867. The summed E-state index contributed by atoms with van der Waals surface area (Å²) in [6.07, 6.45) is 1.98. The summed E-state index contributed by atoms with van der Waals surface area (Å²) in [6, 6.07) is 4.46. The number of nitrogens with one attached hydrogen (secondary N) is 1. The van der Waals surface area contributed by atoms with Gasteiger partial charge in [0, 0.05) is 18.8 Å². The van der Waals surface area contributed by atoms with Gasteiger partial charge in [-0.3, -0.25) is 0 Å². The molecule has 0 spiro atoms. The molecule has 0 amide bonds. The lowest BCUT2D eigenvalue weighted by atomic mass is 10.3. The molecule has 2 aromatic heterocycles. The Balaban J connectivity index is 2.09. The SMILES string of the molecule is Cc1ccc2nc(NCC(C)N(C)C)nn2c1. The Morgan fingerprint density at radius 3 is 2.88 bits per heavy atom. The summed E-state index contributed by atoms with van der Waals surface area (Å²) < 4.78 is 1.80. The van der Waals surface area contributed by atoms with E-state index < -0.39 is 0 Å². The first-order chi connectivity index (χ1) is 8.06. The molecule has 0 bridgehead atoms. The van der Waals surface area contributed by atoms with Gasteiger partial charge in [0.25, 0.3) is 0 Å². The van der Waals surface area contributed by atoms with Crippen LogP contribution < -0.4 is 5.32 Å². The van der Waals surface area contributed by atoms with E-state index in [1.165, 1.54) is 5.56 Å². The molecule has 0 fully saturated rings. The smallest absolute Gasteiger partial charge is 0.243 e. The monoisotopic (exact) mass is 233 g/mol. The highest BCUT2D eigenvalue weighted by Gasteiger charge is 2.07. The van der Waals surface area contributed by atoms with Crippen LogP contribution in [0, 0.1) is 6.92 Å². The number of aromatic nitrogens is 3. The highest BCUT2D eigenvalue weighted by Crippen LogP contribution is 2.07. The van der Waals surface area contributed by atoms with Gasteiger partial charge in [-0.1, -0.05) is 6.07 Å². The zero-order valence-electron chi connectivity index (χ0n) is 10.8. The van der Waals surface area contributed by atoms with E-state index in [9.17, 15) is 0 Å². The maximum absolute atomic E-state index is 4.41. The Labute approximate surface area is 101 Å². The summed E-state index contributed by atoms with van der Waals surface area (Å²) in [5, 5.41) is 7.63. The first-order valence-corrected chi connectivity index (χ1v) is 5.79. The maximum atomic E-state index is 4.41. The second-order valence-corrected chi connectivity index (χ2v) is 4.64. The summed E-state index contributed by atoms with van der Waals surface area (Å²) >= 11 is 0. The van der Waals surface area contributed by atoms with Crippen molar-refractivity contribution in [1.82, 2.24) is 19.5 Å². The van der Waals surface area contributed by atoms with Gasteiger partial charge in [0.15, 0.2) is 5.65 Å². The highest BCUT2D eigenvalue weighted by molar-refractivity contribution is 5.44. The lowest BCUT2D eigenvalue weighted by Gasteiger charge is -2.19. The number of likely N-dealkylation sites (N-methyl/N-ethyl adjacent to an activating group) is 1. The van der Waals surface area contributed by atoms with E-state index in [1.807, 2.05) is 25.3 Å². The Bertz CT molecular complexity index is 503. The van der Waals surface area contributed by atoms with E-state index in [1.54, 1.807) is 4.52 Å². The third-order valence-corrected chi connectivity index (χ3v) is 2.92. The van der Waals surface area contributed by atoms with Crippen molar-refractivity contribution < 1.29 is 0 Å². The Hall–Kier alpha value is -1.62. The maximum Gasteiger partial charge on any atom is 0.243 e. The Morgan fingerprint density at radius 1 is 1.41 bits per heavy atom. The molecule has 1 unspecified atom stereocenters. The van der Waals surface area contributed by atoms with Crippen LogP contribution in [0.4, 0.5) is 5.95 Å². The molecule has 1 N–H and O–H groups in total. The molecule has 5 heteroatoms. The van der Waals surface area contributed by atoms with Gasteiger partial charge in [-0.25, -0.2) is 4.52 Å². The van der Waals surface area contributed by atoms with Gasteiger partial charge >= 0.3 is 0 Å². The number of hydrogen-bond donors (Lipinski definition) is 1. The van der Waals surface area contributed by atoms with Crippen molar-refractivity contribution in [2.45, 2.75) is 19.9 Å². The van der Waals surface area contributed by atoms with Crippen molar-refractivity contribution in [3.63, 3.8) is 0 Å². The molecule has 0 saturated heterocycles. The van der Waals surface area contributed by atoms with Crippen LogP contribution in [0.5, 0.6) is 0 Å². The zero-order valence-corrected chi connectivity index (χ0v) is 10.8. The molecule has 2 heterocycles. The number of hydrogen-bond acceptors (Lipinski definition) is 4. The summed E-state index contributed by atoms with van der Waals surface area (Å²) in [5.74, 6) is 0.685. The second kappa shape index (κ2) is 4.71. The van der Waals surface area contributed by atoms with Crippen LogP contribution in [-0.2, 0) is 0 Å². The lowest BCUT2D eigenvalue weighted by Crippen LogP contribution is -2.31. The minimum absolute atomic E-state index is 0.448. The van der Waals surface area contributed by atoms with Gasteiger partial charge < -0.3 is 10.2 Å². The van der Waals surface area contributed by atoms with Crippen molar-refractivity contribution >= 4 is 11.6 Å². The minimum atomic E-state index is 0.448. The molecule has 0 aliphatic rings. The third kappa shape index (κ3) is 2.74. The van der Waals surface area contributed by atoms with Crippen molar-refractivity contribution in [3.8, 4) is 0 Å². The number of fused-ring (bicyclic) bond motifs is 1. The number of nitrogens with zero attached hydrogens (tertiary/aromatic N) is 4. The molecule has 1 atom stereocenters. The van der Waals surface area contributed by atoms with Crippen LogP contribution in [0.1, 0.15) is 12.5 Å². The molecule has 0 aliphatic carbocycles. The normalized spacial score (nSPS) is 13.2. The summed E-state index contributed by atoms with van der Waals surface area (Å²) in [4.78, 5) is 6.57. The summed E-state index contributed by atoms with van der Waals surface area (Å²) in [6.45, 7) is 5.04. The molecule has 5 nitrogen and oxygen atoms in total. The molecule has 0 aliphatic heterocycles. The predicted molar refractivity (Wildman–Crippen MR) is 69.4 cm³/mol. The van der Waals surface area contributed by atoms with Crippen LogP contribution in [0.3, 0.4) is 0 Å². The standard InChI is InChI=1S/C12H19N5/c1-9-5-6-11-14-12(15-17(11)8-9)13-7-10(2)16(3)4/h5-6,8,10H,7H2,1-4H3,(H,13,15). The van der Waals surface area contributed by atoms with E-state index >= 15 is 0 Å². The van der Waals surface area contributed by atoms with Crippen LogP contribution in [0.2, 0.25) is 0 Å². The highest BCUT2D eigenvalue weighted by atomic mass is 15.3. The number of anilines is 1. The minimum Gasteiger partial charge on any atom is -0.351 e.